The number of carboxylic acids is 1. The van der Waals surface area contributed by atoms with E-state index in [0.29, 0.717) is 11.3 Å². The number of aromatic nitrogens is 2. The minimum Gasteiger partial charge on any atom is -0.478 e. The third-order valence-corrected chi connectivity index (χ3v) is 4.23. The Morgan fingerprint density at radius 1 is 1.00 bits per heavy atom. The van der Waals surface area contributed by atoms with E-state index in [4.69, 9.17) is 6.42 Å². The molecule has 0 amide bonds. The van der Waals surface area contributed by atoms with Crippen LogP contribution in [0.3, 0.4) is 0 Å². The van der Waals surface area contributed by atoms with Gasteiger partial charge in [-0.2, -0.15) is 0 Å². The second-order valence-corrected chi connectivity index (χ2v) is 5.84. The fourth-order valence-corrected chi connectivity index (χ4v) is 2.91. The predicted octanol–water partition coefficient (Wildman–Crippen LogP) is 4.37. The number of benzene rings is 3. The van der Waals surface area contributed by atoms with Crippen LogP contribution in [0.25, 0.3) is 27.8 Å². The number of carbonyl (C=O) groups is 1. The molecule has 0 aliphatic heterocycles. The summed E-state index contributed by atoms with van der Waals surface area (Å²) in [5.74, 6) is 1.51. The molecule has 2 aliphatic carbocycles. The van der Waals surface area contributed by atoms with Gasteiger partial charge >= 0.3 is 5.97 Å². The fourth-order valence-electron chi connectivity index (χ4n) is 2.91. The lowest BCUT2D eigenvalue weighted by Gasteiger charge is -2.10. The number of nitrogens with zero attached hydrogens (tertiary/aromatic N) is 2. The molecule has 4 heteroatoms. The molecule has 0 saturated heterocycles. The van der Waals surface area contributed by atoms with Crippen molar-refractivity contribution in [2.75, 3.05) is 0 Å². The Labute approximate surface area is 150 Å². The number of terminal acetylenes is 1. The Hall–Kier alpha value is -3.84. The van der Waals surface area contributed by atoms with E-state index in [0.717, 1.165) is 11.0 Å². The Kier molecular flexibility index (Phi) is 3.75. The van der Waals surface area contributed by atoms with E-state index >= 15 is 0 Å². The van der Waals surface area contributed by atoms with Crippen molar-refractivity contribution < 1.29 is 9.90 Å². The zero-order valence-electron chi connectivity index (χ0n) is 13.8. The van der Waals surface area contributed by atoms with Crippen LogP contribution in [0.5, 0.6) is 0 Å². The summed E-state index contributed by atoms with van der Waals surface area (Å²) < 4.78 is 1.72. The summed E-state index contributed by atoms with van der Waals surface area (Å²) in [7, 11) is 0. The lowest BCUT2D eigenvalue weighted by Crippen LogP contribution is -2.07. The number of fused-ring (bicyclic) bond motifs is 2. The first-order valence-electron chi connectivity index (χ1n) is 8.05. The number of imidazole rings is 1. The van der Waals surface area contributed by atoms with E-state index in [1.807, 2.05) is 24.3 Å². The zero-order chi connectivity index (χ0) is 18.1. The Morgan fingerprint density at radius 2 is 1.73 bits per heavy atom. The van der Waals surface area contributed by atoms with Crippen LogP contribution >= 0.6 is 0 Å². The standard InChI is InChI=1S/C16H10N2O2.C6H4/c1-2-11-6-5-7-12(16(19)20)15(11)18-10-17-13-8-3-4-9-14(13)18;1-2-5-4-6(5)3-1/h1,3-10H,(H,19,20);1-4H. The molecule has 26 heavy (non-hydrogen) atoms. The van der Waals surface area contributed by atoms with Gasteiger partial charge in [0.15, 0.2) is 0 Å². The van der Waals surface area contributed by atoms with E-state index in [1.54, 1.807) is 23.0 Å². The summed E-state index contributed by atoms with van der Waals surface area (Å²) in [4.78, 5) is 15.7. The number of aromatic carboxylic acids is 1. The van der Waals surface area contributed by atoms with Crippen molar-refractivity contribution in [2.45, 2.75) is 0 Å². The first-order chi connectivity index (χ1) is 12.7. The molecule has 5 rings (SSSR count). The lowest BCUT2D eigenvalue weighted by molar-refractivity contribution is 0.0697. The van der Waals surface area contributed by atoms with Crippen LogP contribution in [0.1, 0.15) is 15.9 Å². The fraction of sp³-hybridized carbons (Fsp3) is 0. The highest BCUT2D eigenvalue weighted by molar-refractivity contribution is 5.94. The molecule has 2 aromatic carbocycles. The quantitative estimate of drug-likeness (QED) is 0.486. The van der Waals surface area contributed by atoms with Crippen LogP contribution < -0.4 is 0 Å². The molecular weight excluding hydrogens is 324 g/mol. The molecular formula is C22H14N2O2. The summed E-state index contributed by atoms with van der Waals surface area (Å²) in [5, 5.41) is 9.35. The lowest BCUT2D eigenvalue weighted by atomic mass is 10.1. The summed E-state index contributed by atoms with van der Waals surface area (Å²) in [6.07, 6.45) is 7.08. The summed E-state index contributed by atoms with van der Waals surface area (Å²) in [6.45, 7) is 0. The van der Waals surface area contributed by atoms with Gasteiger partial charge in [-0.25, -0.2) is 9.78 Å². The molecule has 1 heterocycles. The smallest absolute Gasteiger partial charge is 0.337 e. The highest BCUT2D eigenvalue weighted by Gasteiger charge is 2.16. The summed E-state index contributed by atoms with van der Waals surface area (Å²) in [6, 6.07) is 20.9. The highest BCUT2D eigenvalue weighted by Crippen LogP contribution is 2.32. The average Bonchev–Trinajstić information content (AvgIpc) is 3.07. The summed E-state index contributed by atoms with van der Waals surface area (Å²) in [5.41, 5.74) is 5.60. The van der Waals surface area contributed by atoms with Gasteiger partial charge in [-0.3, -0.25) is 4.57 Å². The van der Waals surface area contributed by atoms with Crippen molar-refractivity contribution in [2.24, 2.45) is 0 Å². The van der Waals surface area contributed by atoms with Crippen LogP contribution in [0.4, 0.5) is 0 Å². The van der Waals surface area contributed by atoms with E-state index in [9.17, 15) is 9.90 Å². The molecule has 124 valence electrons. The third kappa shape index (κ3) is 2.72. The Balaban J connectivity index is 0.000000233. The molecule has 1 N–H and O–H groups in total. The van der Waals surface area contributed by atoms with Gasteiger partial charge in [0.25, 0.3) is 0 Å². The van der Waals surface area contributed by atoms with Gasteiger partial charge in [-0.05, 0) is 41.5 Å². The largest absolute Gasteiger partial charge is 0.478 e. The van der Waals surface area contributed by atoms with Crippen molar-refractivity contribution in [3.8, 4) is 29.2 Å². The van der Waals surface area contributed by atoms with E-state index in [2.05, 4.69) is 35.2 Å². The molecule has 0 bridgehead atoms. The normalized spacial score (nSPS) is 10.6. The van der Waals surface area contributed by atoms with Gasteiger partial charge in [-0.1, -0.05) is 42.3 Å². The average molecular weight is 338 g/mol. The van der Waals surface area contributed by atoms with Crippen molar-refractivity contribution in [1.29, 1.82) is 0 Å². The molecule has 0 spiro atoms. The molecule has 0 radical (unpaired) electrons. The molecule has 4 nitrogen and oxygen atoms in total. The maximum absolute atomic E-state index is 11.4. The van der Waals surface area contributed by atoms with Gasteiger partial charge in [0.2, 0.25) is 0 Å². The van der Waals surface area contributed by atoms with Crippen molar-refractivity contribution in [3.63, 3.8) is 0 Å². The number of carboxylic acid groups (broad SMARTS) is 1. The summed E-state index contributed by atoms with van der Waals surface area (Å²) >= 11 is 0. The molecule has 0 saturated carbocycles. The second-order valence-electron chi connectivity index (χ2n) is 5.84. The van der Waals surface area contributed by atoms with Gasteiger partial charge in [-0.15, -0.1) is 6.42 Å². The number of hydrogen-bond donors (Lipinski definition) is 1. The van der Waals surface area contributed by atoms with Crippen molar-refractivity contribution >= 4 is 17.0 Å². The van der Waals surface area contributed by atoms with E-state index in [1.165, 1.54) is 17.2 Å². The second kappa shape index (κ2) is 6.23. The molecule has 3 aromatic rings. The predicted molar refractivity (Wildman–Crippen MR) is 101 cm³/mol. The number of rotatable bonds is 2. The van der Waals surface area contributed by atoms with E-state index in [-0.39, 0.29) is 5.56 Å². The first kappa shape index (κ1) is 15.7. The van der Waals surface area contributed by atoms with Crippen LogP contribution in [-0.2, 0) is 0 Å². The zero-order valence-corrected chi connectivity index (χ0v) is 13.8. The molecule has 2 aliphatic rings. The highest BCUT2D eigenvalue weighted by atomic mass is 16.4. The van der Waals surface area contributed by atoms with Crippen LogP contribution in [-0.4, -0.2) is 20.6 Å². The van der Waals surface area contributed by atoms with Crippen LogP contribution in [0, 0.1) is 12.3 Å². The SMILES string of the molecule is C#Cc1cccc(C(=O)O)c1-n1cnc2ccccc21.c1cc2cc-2c1. The van der Waals surface area contributed by atoms with E-state index < -0.39 is 5.97 Å². The Morgan fingerprint density at radius 3 is 2.35 bits per heavy atom. The van der Waals surface area contributed by atoms with Crippen molar-refractivity contribution in [3.05, 3.63) is 84.2 Å². The van der Waals surface area contributed by atoms with Gasteiger partial charge in [0.05, 0.1) is 22.3 Å². The minimum absolute atomic E-state index is 0.156. The molecule has 0 fully saturated rings. The van der Waals surface area contributed by atoms with Gasteiger partial charge in [0, 0.05) is 5.56 Å². The molecule has 0 unspecified atom stereocenters. The third-order valence-electron chi connectivity index (χ3n) is 4.23. The van der Waals surface area contributed by atoms with Crippen molar-refractivity contribution in [1.82, 2.24) is 9.55 Å². The first-order valence-corrected chi connectivity index (χ1v) is 8.05. The topological polar surface area (TPSA) is 55.1 Å². The van der Waals surface area contributed by atoms with Gasteiger partial charge < -0.3 is 5.11 Å². The Bertz CT molecular complexity index is 1160. The maximum Gasteiger partial charge on any atom is 0.337 e. The molecule has 0 atom stereocenters. The minimum atomic E-state index is -1.02. The van der Waals surface area contributed by atoms with Crippen LogP contribution in [0.15, 0.2) is 73.1 Å². The number of hydrogen-bond acceptors (Lipinski definition) is 2. The monoisotopic (exact) mass is 338 g/mol. The number of para-hydroxylation sites is 3. The molecule has 1 aromatic heterocycles. The van der Waals surface area contributed by atoms with Crippen LogP contribution in [0.2, 0.25) is 0 Å². The van der Waals surface area contributed by atoms with Gasteiger partial charge in [0.1, 0.15) is 6.33 Å². The maximum atomic E-state index is 11.4.